The van der Waals surface area contributed by atoms with Crippen LogP contribution in [0.2, 0.25) is 0 Å². The maximum atomic E-state index is 10.4. The molecule has 4 nitrogen and oxygen atoms in total. The number of benzene rings is 1. The highest BCUT2D eigenvalue weighted by Gasteiger charge is 2.54. The molecule has 0 bridgehead atoms. The van der Waals surface area contributed by atoms with Crippen molar-refractivity contribution in [3.63, 3.8) is 0 Å². The number of hydrogen-bond donors (Lipinski definition) is 3. The van der Waals surface area contributed by atoms with Crippen LogP contribution in [-0.4, -0.2) is 27.4 Å². The van der Waals surface area contributed by atoms with Crippen LogP contribution in [0.3, 0.4) is 0 Å². The first kappa shape index (κ1) is 18.2. The predicted octanol–water partition coefficient (Wildman–Crippen LogP) is 4.09. The van der Waals surface area contributed by atoms with E-state index in [1.807, 2.05) is 12.1 Å². The van der Waals surface area contributed by atoms with Gasteiger partial charge in [0.2, 0.25) is 0 Å². The van der Waals surface area contributed by atoms with Crippen molar-refractivity contribution in [3.8, 4) is 5.75 Å². The van der Waals surface area contributed by atoms with Crippen LogP contribution in [0.15, 0.2) is 18.2 Å². The number of carbonyl (C=O) groups is 1. The topological polar surface area (TPSA) is 77.8 Å². The molecule has 3 aliphatic carbocycles. The van der Waals surface area contributed by atoms with Gasteiger partial charge >= 0.3 is 5.97 Å². The molecule has 2 saturated carbocycles. The third kappa shape index (κ3) is 3.29. The van der Waals surface area contributed by atoms with Gasteiger partial charge in [0.25, 0.3) is 0 Å². The average Bonchev–Trinajstić information content (AvgIpc) is 2.90. The fraction of sp³-hybridized carbons (Fsp3) is 0.667. The van der Waals surface area contributed by atoms with Crippen LogP contribution >= 0.6 is 0 Å². The summed E-state index contributed by atoms with van der Waals surface area (Å²) in [5, 5.41) is 27.8. The average molecular weight is 346 g/mol. The predicted molar refractivity (Wildman–Crippen MR) is 96.7 cm³/mol. The first-order chi connectivity index (χ1) is 11.9. The maximum absolute atomic E-state index is 10.4. The summed E-state index contributed by atoms with van der Waals surface area (Å²) in [6.45, 7) is 3.92. The van der Waals surface area contributed by atoms with Gasteiger partial charge in [-0.05, 0) is 85.0 Å². The molecule has 4 rings (SSSR count). The van der Waals surface area contributed by atoms with E-state index in [-0.39, 0.29) is 17.9 Å². The SMILES string of the molecule is CCC(=O)O.C[C@]12CC[C@@H]3c4ccc(O)cc4CC[C@H]3[C@@H]1CCC2O. The number of aryl methyl sites for hydroxylation is 1. The van der Waals surface area contributed by atoms with E-state index in [1.165, 1.54) is 30.4 Å². The van der Waals surface area contributed by atoms with Crippen LogP contribution in [0.1, 0.15) is 69.4 Å². The Labute approximate surface area is 149 Å². The number of phenolic OH excluding ortho intramolecular Hbond substituents is 1. The number of hydrogen-bond acceptors (Lipinski definition) is 3. The number of aromatic hydroxyl groups is 1. The lowest BCUT2D eigenvalue weighted by Gasteiger charge is -2.50. The van der Waals surface area contributed by atoms with Gasteiger partial charge in [-0.15, -0.1) is 0 Å². The number of aliphatic carboxylic acids is 1. The number of carboxylic acids is 1. The Morgan fingerprint density at radius 1 is 1.24 bits per heavy atom. The van der Waals surface area contributed by atoms with E-state index in [9.17, 15) is 15.0 Å². The third-order valence-corrected chi connectivity index (χ3v) is 6.96. The first-order valence-electron chi connectivity index (χ1n) is 9.58. The molecule has 2 fully saturated rings. The molecule has 0 radical (unpaired) electrons. The summed E-state index contributed by atoms with van der Waals surface area (Å²) < 4.78 is 0. The van der Waals surface area contributed by atoms with E-state index >= 15 is 0 Å². The zero-order chi connectivity index (χ0) is 18.2. The second-order valence-corrected chi connectivity index (χ2v) is 8.18. The van der Waals surface area contributed by atoms with Crippen molar-refractivity contribution in [3.05, 3.63) is 29.3 Å². The summed E-state index contributed by atoms with van der Waals surface area (Å²) in [6, 6.07) is 5.96. The highest BCUT2D eigenvalue weighted by atomic mass is 16.4. The zero-order valence-electron chi connectivity index (χ0n) is 15.2. The Balaban J connectivity index is 0.000000324. The monoisotopic (exact) mass is 346 g/mol. The normalized spacial score (nSPS) is 35.6. The van der Waals surface area contributed by atoms with Crippen molar-refractivity contribution in [2.45, 2.75) is 70.8 Å². The lowest BCUT2D eigenvalue weighted by Crippen LogP contribution is -2.43. The van der Waals surface area contributed by atoms with Crippen LogP contribution in [0, 0.1) is 17.3 Å². The quantitative estimate of drug-likeness (QED) is 0.716. The first-order valence-corrected chi connectivity index (χ1v) is 9.58. The fourth-order valence-electron chi connectivity index (χ4n) is 5.54. The minimum atomic E-state index is -0.745. The van der Waals surface area contributed by atoms with Crippen LogP contribution in [0.25, 0.3) is 0 Å². The Morgan fingerprint density at radius 2 is 1.96 bits per heavy atom. The van der Waals surface area contributed by atoms with Crippen molar-refractivity contribution in [2.75, 3.05) is 0 Å². The zero-order valence-corrected chi connectivity index (χ0v) is 15.2. The third-order valence-electron chi connectivity index (χ3n) is 6.96. The van der Waals surface area contributed by atoms with Crippen LogP contribution in [-0.2, 0) is 11.2 Å². The summed E-state index contributed by atoms with van der Waals surface area (Å²) in [5.74, 6) is 1.74. The van der Waals surface area contributed by atoms with Gasteiger partial charge in [0.05, 0.1) is 6.10 Å². The van der Waals surface area contributed by atoms with Gasteiger partial charge < -0.3 is 15.3 Å². The fourth-order valence-corrected chi connectivity index (χ4v) is 5.54. The number of carboxylic acid groups (broad SMARTS) is 1. The van der Waals surface area contributed by atoms with E-state index in [0.717, 1.165) is 25.2 Å². The van der Waals surface area contributed by atoms with Gasteiger partial charge in [-0.3, -0.25) is 4.79 Å². The molecule has 0 spiro atoms. The van der Waals surface area contributed by atoms with Crippen molar-refractivity contribution in [2.24, 2.45) is 17.3 Å². The van der Waals surface area contributed by atoms with Gasteiger partial charge in [-0.1, -0.05) is 19.9 Å². The number of rotatable bonds is 1. The lowest BCUT2D eigenvalue weighted by atomic mass is 9.55. The molecule has 25 heavy (non-hydrogen) atoms. The minimum Gasteiger partial charge on any atom is -0.508 e. The summed E-state index contributed by atoms with van der Waals surface area (Å²) in [6.07, 6.45) is 7.00. The van der Waals surface area contributed by atoms with Crippen molar-refractivity contribution in [1.82, 2.24) is 0 Å². The highest BCUT2D eigenvalue weighted by Crippen LogP contribution is 2.60. The minimum absolute atomic E-state index is 0.0883. The summed E-state index contributed by atoms with van der Waals surface area (Å²) in [4.78, 5) is 9.37. The standard InChI is InChI=1S/C18H24O2.C3H6O2/c1-18-9-8-14-13-5-3-12(19)10-11(13)2-4-15(14)16(18)6-7-17(18)20;1-2-3(4)5/h3,5,10,14-17,19-20H,2,4,6-9H2,1H3;2H2,1H3,(H,4,5)/t14-,15-,16+,17?,18+;/m1./s1. The lowest BCUT2D eigenvalue weighted by molar-refractivity contribution is -0.136. The Hall–Kier alpha value is -1.55. The van der Waals surface area contributed by atoms with Gasteiger partial charge in [-0.2, -0.15) is 0 Å². The van der Waals surface area contributed by atoms with E-state index in [1.54, 1.807) is 6.92 Å². The molecule has 0 saturated heterocycles. The second-order valence-electron chi connectivity index (χ2n) is 8.18. The molecule has 1 aromatic rings. The molecule has 0 aliphatic heterocycles. The summed E-state index contributed by atoms with van der Waals surface area (Å²) >= 11 is 0. The molecule has 3 aliphatic rings. The summed E-state index contributed by atoms with van der Waals surface area (Å²) in [7, 11) is 0. The van der Waals surface area contributed by atoms with Crippen molar-refractivity contribution in [1.29, 1.82) is 0 Å². The van der Waals surface area contributed by atoms with Gasteiger partial charge in [-0.25, -0.2) is 0 Å². The number of aliphatic hydroxyl groups excluding tert-OH is 1. The smallest absolute Gasteiger partial charge is 0.303 e. The second kappa shape index (κ2) is 6.99. The largest absolute Gasteiger partial charge is 0.508 e. The molecule has 1 aromatic carbocycles. The maximum Gasteiger partial charge on any atom is 0.303 e. The van der Waals surface area contributed by atoms with Gasteiger partial charge in [0.15, 0.2) is 0 Å². The Kier molecular flexibility index (Phi) is 5.10. The molecule has 0 aromatic heterocycles. The van der Waals surface area contributed by atoms with E-state index in [4.69, 9.17) is 5.11 Å². The molecule has 138 valence electrons. The van der Waals surface area contributed by atoms with Gasteiger partial charge in [0.1, 0.15) is 5.75 Å². The molecule has 4 heteroatoms. The number of phenols is 1. The molecule has 5 atom stereocenters. The molecular formula is C21H30O4. The van der Waals surface area contributed by atoms with Crippen molar-refractivity contribution >= 4 is 5.97 Å². The van der Waals surface area contributed by atoms with E-state index < -0.39 is 5.97 Å². The van der Waals surface area contributed by atoms with Crippen LogP contribution in [0.5, 0.6) is 5.75 Å². The molecule has 0 heterocycles. The number of fused-ring (bicyclic) bond motifs is 5. The highest BCUT2D eigenvalue weighted by molar-refractivity contribution is 5.66. The molecule has 3 N–H and O–H groups in total. The molecule has 0 amide bonds. The summed E-state index contributed by atoms with van der Waals surface area (Å²) in [5.41, 5.74) is 2.99. The van der Waals surface area contributed by atoms with E-state index in [0.29, 0.717) is 17.6 Å². The Morgan fingerprint density at radius 3 is 2.64 bits per heavy atom. The Bertz CT molecular complexity index is 641. The van der Waals surface area contributed by atoms with Crippen LogP contribution < -0.4 is 0 Å². The van der Waals surface area contributed by atoms with Gasteiger partial charge in [0, 0.05) is 6.42 Å². The van der Waals surface area contributed by atoms with E-state index in [2.05, 4.69) is 13.0 Å². The number of aliphatic hydroxyl groups is 1. The molecule has 1 unspecified atom stereocenters. The van der Waals surface area contributed by atoms with Crippen molar-refractivity contribution < 1.29 is 20.1 Å². The van der Waals surface area contributed by atoms with Crippen LogP contribution in [0.4, 0.5) is 0 Å². The molecular weight excluding hydrogens is 316 g/mol.